The molecule has 0 radical (unpaired) electrons. The van der Waals surface area contributed by atoms with Crippen molar-refractivity contribution in [1.82, 2.24) is 4.90 Å². The molecular weight excluding hydrogens is 195 g/mol. The molecule has 1 fully saturated rings. The van der Waals surface area contributed by atoms with E-state index in [1.54, 1.807) is 0 Å². The Balaban J connectivity index is 0. The van der Waals surface area contributed by atoms with Crippen LogP contribution in [0.1, 0.15) is 26.7 Å². The van der Waals surface area contributed by atoms with E-state index in [2.05, 4.69) is 18.7 Å². The Morgan fingerprint density at radius 1 is 1.50 bits per heavy atom. The number of nitrogens with zero attached hydrogens (tertiary/aromatic N) is 1. The summed E-state index contributed by atoms with van der Waals surface area (Å²) in [6.07, 6.45) is 2.43. The van der Waals surface area contributed by atoms with E-state index < -0.39 is 0 Å². The van der Waals surface area contributed by atoms with Crippen molar-refractivity contribution in [1.29, 1.82) is 0 Å². The minimum Gasteiger partial charge on any atom is -0.326 e. The van der Waals surface area contributed by atoms with Gasteiger partial charge in [0.15, 0.2) is 0 Å². The minimum absolute atomic E-state index is 0. The largest absolute Gasteiger partial charge is 0.326 e. The molecule has 1 aliphatic heterocycles. The standard InChI is InChI=1S/C8H18N2.2ClH/c1-3-7(2)10-5-4-8(9)6-10;;/h7-8H,3-6,9H2,1-2H3;2*1H. The SMILES string of the molecule is CCC(C)N1CCC(N)C1.Cl.Cl. The zero-order valence-corrected chi connectivity index (χ0v) is 9.46. The first kappa shape index (κ1) is 15.0. The van der Waals surface area contributed by atoms with Gasteiger partial charge in [-0.15, -0.1) is 24.8 Å². The first-order valence-corrected chi connectivity index (χ1v) is 4.23. The molecular formula is C8H20Cl2N2. The van der Waals surface area contributed by atoms with Gasteiger partial charge in [-0.25, -0.2) is 0 Å². The molecule has 0 saturated carbocycles. The van der Waals surface area contributed by atoms with E-state index in [1.807, 2.05) is 0 Å². The number of likely N-dealkylation sites (tertiary alicyclic amines) is 1. The fourth-order valence-corrected chi connectivity index (χ4v) is 1.47. The van der Waals surface area contributed by atoms with Crippen molar-refractivity contribution < 1.29 is 0 Å². The Morgan fingerprint density at radius 3 is 2.42 bits per heavy atom. The average molecular weight is 215 g/mol. The normalized spacial score (nSPS) is 25.8. The molecule has 4 heteroatoms. The summed E-state index contributed by atoms with van der Waals surface area (Å²) in [4.78, 5) is 2.48. The molecule has 1 heterocycles. The fourth-order valence-electron chi connectivity index (χ4n) is 1.47. The molecule has 0 aromatic rings. The van der Waals surface area contributed by atoms with Gasteiger partial charge >= 0.3 is 0 Å². The highest BCUT2D eigenvalue weighted by molar-refractivity contribution is 5.85. The molecule has 1 saturated heterocycles. The predicted octanol–water partition coefficient (Wildman–Crippen LogP) is 1.66. The summed E-state index contributed by atoms with van der Waals surface area (Å²) in [5.41, 5.74) is 5.78. The van der Waals surface area contributed by atoms with E-state index >= 15 is 0 Å². The number of nitrogens with two attached hydrogens (primary N) is 1. The summed E-state index contributed by atoms with van der Waals surface area (Å²) in [6, 6.07) is 1.17. The van der Waals surface area contributed by atoms with Gasteiger partial charge in [0.25, 0.3) is 0 Å². The molecule has 0 bridgehead atoms. The lowest BCUT2D eigenvalue weighted by atomic mass is 10.2. The molecule has 12 heavy (non-hydrogen) atoms. The second-order valence-corrected chi connectivity index (χ2v) is 3.30. The van der Waals surface area contributed by atoms with Gasteiger partial charge in [-0.3, -0.25) is 4.90 Å². The minimum atomic E-state index is 0. The second kappa shape index (κ2) is 6.96. The van der Waals surface area contributed by atoms with Gasteiger partial charge in [0.05, 0.1) is 0 Å². The molecule has 0 amide bonds. The summed E-state index contributed by atoms with van der Waals surface area (Å²) in [5.74, 6) is 0. The Kier molecular flexibility index (Phi) is 8.69. The first-order chi connectivity index (χ1) is 4.74. The number of hydrogen-bond acceptors (Lipinski definition) is 2. The van der Waals surface area contributed by atoms with E-state index in [0.717, 1.165) is 12.6 Å². The highest BCUT2D eigenvalue weighted by Gasteiger charge is 2.21. The van der Waals surface area contributed by atoms with Crippen LogP contribution in [0.3, 0.4) is 0 Å². The van der Waals surface area contributed by atoms with Gasteiger partial charge in [0.2, 0.25) is 0 Å². The van der Waals surface area contributed by atoms with Crippen LogP contribution in [0.15, 0.2) is 0 Å². The van der Waals surface area contributed by atoms with Crippen LogP contribution in [0.2, 0.25) is 0 Å². The van der Waals surface area contributed by atoms with E-state index in [0.29, 0.717) is 6.04 Å². The van der Waals surface area contributed by atoms with Crippen molar-refractivity contribution in [3.8, 4) is 0 Å². The molecule has 0 spiro atoms. The van der Waals surface area contributed by atoms with Crippen molar-refractivity contribution in [3.63, 3.8) is 0 Å². The van der Waals surface area contributed by atoms with Gasteiger partial charge in [-0.2, -0.15) is 0 Å². The van der Waals surface area contributed by atoms with Crippen LogP contribution in [0.4, 0.5) is 0 Å². The van der Waals surface area contributed by atoms with Crippen molar-refractivity contribution in [2.75, 3.05) is 13.1 Å². The molecule has 76 valence electrons. The molecule has 2 atom stereocenters. The third kappa shape index (κ3) is 3.94. The highest BCUT2D eigenvalue weighted by Crippen LogP contribution is 2.12. The lowest BCUT2D eigenvalue weighted by Gasteiger charge is -2.22. The van der Waals surface area contributed by atoms with Crippen LogP contribution < -0.4 is 5.73 Å². The third-order valence-corrected chi connectivity index (χ3v) is 2.47. The Hall–Kier alpha value is 0.500. The van der Waals surface area contributed by atoms with Crippen LogP contribution in [-0.2, 0) is 0 Å². The van der Waals surface area contributed by atoms with Crippen molar-refractivity contribution in [3.05, 3.63) is 0 Å². The molecule has 2 unspecified atom stereocenters. The molecule has 1 aliphatic rings. The predicted molar refractivity (Wildman–Crippen MR) is 58.4 cm³/mol. The number of hydrogen-bond donors (Lipinski definition) is 1. The summed E-state index contributed by atoms with van der Waals surface area (Å²) in [6.45, 7) is 6.82. The van der Waals surface area contributed by atoms with Gasteiger partial charge in [0.1, 0.15) is 0 Å². The van der Waals surface area contributed by atoms with Crippen LogP contribution in [0.25, 0.3) is 0 Å². The summed E-state index contributed by atoms with van der Waals surface area (Å²) in [5, 5.41) is 0. The molecule has 2 N–H and O–H groups in total. The van der Waals surface area contributed by atoms with Crippen molar-refractivity contribution in [2.45, 2.75) is 38.8 Å². The van der Waals surface area contributed by atoms with E-state index in [-0.39, 0.29) is 24.8 Å². The lowest BCUT2D eigenvalue weighted by molar-refractivity contribution is 0.250. The van der Waals surface area contributed by atoms with Gasteiger partial charge in [0, 0.05) is 18.6 Å². The first-order valence-electron chi connectivity index (χ1n) is 4.23. The molecule has 2 nitrogen and oxygen atoms in total. The van der Waals surface area contributed by atoms with Gasteiger partial charge in [-0.1, -0.05) is 6.92 Å². The maximum atomic E-state index is 5.78. The quantitative estimate of drug-likeness (QED) is 0.759. The zero-order valence-electron chi connectivity index (χ0n) is 7.82. The van der Waals surface area contributed by atoms with Crippen molar-refractivity contribution in [2.24, 2.45) is 5.73 Å². The molecule has 0 aromatic heterocycles. The van der Waals surface area contributed by atoms with Crippen LogP contribution >= 0.6 is 24.8 Å². The van der Waals surface area contributed by atoms with Crippen LogP contribution in [0.5, 0.6) is 0 Å². The molecule has 0 aromatic carbocycles. The van der Waals surface area contributed by atoms with Gasteiger partial charge in [-0.05, 0) is 26.3 Å². The highest BCUT2D eigenvalue weighted by atomic mass is 35.5. The average Bonchev–Trinajstić information content (AvgIpc) is 2.34. The maximum Gasteiger partial charge on any atom is 0.0180 e. The number of rotatable bonds is 2. The van der Waals surface area contributed by atoms with Gasteiger partial charge < -0.3 is 5.73 Å². The molecule has 0 aliphatic carbocycles. The Bertz CT molecular complexity index is 111. The van der Waals surface area contributed by atoms with E-state index in [4.69, 9.17) is 5.73 Å². The molecule has 1 rings (SSSR count). The van der Waals surface area contributed by atoms with Crippen LogP contribution in [-0.4, -0.2) is 30.1 Å². The topological polar surface area (TPSA) is 29.3 Å². The summed E-state index contributed by atoms with van der Waals surface area (Å²) in [7, 11) is 0. The van der Waals surface area contributed by atoms with E-state index in [9.17, 15) is 0 Å². The van der Waals surface area contributed by atoms with E-state index in [1.165, 1.54) is 19.4 Å². The Morgan fingerprint density at radius 2 is 2.08 bits per heavy atom. The number of halogens is 2. The smallest absolute Gasteiger partial charge is 0.0180 e. The third-order valence-electron chi connectivity index (χ3n) is 2.47. The second-order valence-electron chi connectivity index (χ2n) is 3.30. The summed E-state index contributed by atoms with van der Waals surface area (Å²) < 4.78 is 0. The summed E-state index contributed by atoms with van der Waals surface area (Å²) >= 11 is 0. The van der Waals surface area contributed by atoms with Crippen LogP contribution in [0, 0.1) is 0 Å². The monoisotopic (exact) mass is 214 g/mol. The fraction of sp³-hybridized carbons (Fsp3) is 1.00. The Labute approximate surface area is 87.7 Å². The lowest BCUT2D eigenvalue weighted by Crippen LogP contribution is -2.33. The zero-order chi connectivity index (χ0) is 7.56. The van der Waals surface area contributed by atoms with Crippen molar-refractivity contribution >= 4 is 24.8 Å². The maximum absolute atomic E-state index is 5.78.